The van der Waals surface area contributed by atoms with E-state index < -0.39 is 5.54 Å². The van der Waals surface area contributed by atoms with Gasteiger partial charge >= 0.3 is 0 Å². The van der Waals surface area contributed by atoms with E-state index in [0.717, 1.165) is 46.2 Å². The number of methoxy groups -OCH3 is 1. The van der Waals surface area contributed by atoms with E-state index in [0.29, 0.717) is 5.92 Å². The molecule has 0 heterocycles. The van der Waals surface area contributed by atoms with Crippen LogP contribution in [0.3, 0.4) is 0 Å². The largest absolute Gasteiger partial charge is 0.496 e. The van der Waals surface area contributed by atoms with Crippen LogP contribution in [0.4, 0.5) is 0 Å². The molecule has 0 amide bonds. The van der Waals surface area contributed by atoms with Crippen LogP contribution in [0.5, 0.6) is 5.75 Å². The summed E-state index contributed by atoms with van der Waals surface area (Å²) in [5, 5.41) is 0. The molecule has 3 nitrogen and oxygen atoms in total. The molecule has 1 saturated carbocycles. The number of hydrogen-bond donors (Lipinski definition) is 0. The Balaban J connectivity index is 2.76. The Labute approximate surface area is 128 Å². The molecular weight excluding hydrogens is 318 g/mol. The van der Waals surface area contributed by atoms with E-state index >= 15 is 0 Å². The zero-order valence-corrected chi connectivity index (χ0v) is 14.0. The van der Waals surface area contributed by atoms with Crippen LogP contribution in [0.1, 0.15) is 55.7 Å². The molecule has 108 valence electrons. The van der Waals surface area contributed by atoms with Gasteiger partial charge in [0.05, 0.1) is 7.11 Å². The first-order valence-corrected chi connectivity index (χ1v) is 7.72. The van der Waals surface area contributed by atoms with Crippen molar-refractivity contribution in [1.82, 2.24) is 0 Å². The van der Waals surface area contributed by atoms with Gasteiger partial charge in [0.1, 0.15) is 11.3 Å². The highest BCUT2D eigenvalue weighted by atomic mass is 79.9. The van der Waals surface area contributed by atoms with Gasteiger partial charge in [-0.25, -0.2) is 4.79 Å². The smallest absolute Gasteiger partial charge is 0.235 e. The number of aliphatic imine (C=N–C) groups is 1. The molecule has 1 aliphatic carbocycles. The second-order valence-corrected chi connectivity index (χ2v) is 6.58. The third-order valence-electron chi connectivity index (χ3n) is 4.24. The molecule has 0 N–H and O–H groups in total. The highest BCUT2D eigenvalue weighted by Gasteiger charge is 2.43. The van der Waals surface area contributed by atoms with Gasteiger partial charge in [0.2, 0.25) is 6.08 Å². The fraction of sp³-hybridized carbons (Fsp3) is 0.562. The lowest BCUT2D eigenvalue weighted by atomic mass is 9.70. The molecule has 2 rings (SSSR count). The van der Waals surface area contributed by atoms with E-state index in [1.807, 2.05) is 6.92 Å². The molecular formula is C16H20BrNO2. The summed E-state index contributed by atoms with van der Waals surface area (Å²) in [6.07, 6.45) is 4.61. The van der Waals surface area contributed by atoms with Crippen LogP contribution in [-0.2, 0) is 10.3 Å². The van der Waals surface area contributed by atoms with Gasteiger partial charge in [-0.1, -0.05) is 29.8 Å². The lowest BCUT2D eigenvalue weighted by Crippen LogP contribution is -2.33. The molecule has 1 aromatic rings. The van der Waals surface area contributed by atoms with Crippen molar-refractivity contribution < 1.29 is 9.53 Å². The summed E-state index contributed by atoms with van der Waals surface area (Å²) < 4.78 is 6.74. The lowest BCUT2D eigenvalue weighted by molar-refractivity contribution is 0.244. The number of halogens is 1. The van der Waals surface area contributed by atoms with Gasteiger partial charge in [-0.15, -0.1) is 0 Å². The number of hydrogen-bond acceptors (Lipinski definition) is 3. The van der Waals surface area contributed by atoms with Crippen molar-refractivity contribution >= 4 is 22.0 Å². The van der Waals surface area contributed by atoms with Crippen molar-refractivity contribution in [2.45, 2.75) is 51.5 Å². The van der Waals surface area contributed by atoms with Crippen molar-refractivity contribution in [3.8, 4) is 5.75 Å². The molecule has 1 fully saturated rings. The molecule has 0 spiro atoms. The van der Waals surface area contributed by atoms with Gasteiger partial charge < -0.3 is 4.74 Å². The van der Waals surface area contributed by atoms with E-state index in [-0.39, 0.29) is 0 Å². The maximum atomic E-state index is 10.9. The zero-order valence-electron chi connectivity index (χ0n) is 12.4. The summed E-state index contributed by atoms with van der Waals surface area (Å²) in [6.45, 7) is 6.33. The average Bonchev–Trinajstić information content (AvgIpc) is 2.36. The van der Waals surface area contributed by atoms with Gasteiger partial charge in [0.15, 0.2) is 0 Å². The van der Waals surface area contributed by atoms with E-state index in [4.69, 9.17) is 4.74 Å². The number of benzene rings is 1. The first-order chi connectivity index (χ1) is 9.46. The fourth-order valence-electron chi connectivity index (χ4n) is 2.97. The molecule has 0 saturated heterocycles. The van der Waals surface area contributed by atoms with Crippen LogP contribution in [0.15, 0.2) is 15.5 Å². The molecule has 0 unspecified atom stereocenters. The number of carbonyl (C=O) groups excluding carboxylic acids is 1. The van der Waals surface area contributed by atoms with Gasteiger partial charge in [0, 0.05) is 10.0 Å². The van der Waals surface area contributed by atoms with Gasteiger partial charge in [-0.05, 0) is 49.3 Å². The predicted molar refractivity (Wildman–Crippen MR) is 83.2 cm³/mol. The molecule has 4 heteroatoms. The Morgan fingerprint density at radius 3 is 2.50 bits per heavy atom. The third kappa shape index (κ3) is 2.32. The third-order valence-corrected chi connectivity index (χ3v) is 5.06. The van der Waals surface area contributed by atoms with E-state index in [1.54, 1.807) is 13.2 Å². The van der Waals surface area contributed by atoms with Crippen molar-refractivity contribution in [2.75, 3.05) is 7.11 Å². The highest BCUT2D eigenvalue weighted by molar-refractivity contribution is 9.10. The Bertz CT molecular complexity index is 570. The Morgan fingerprint density at radius 2 is 2.10 bits per heavy atom. The first kappa shape index (κ1) is 15.3. The Kier molecular flexibility index (Phi) is 4.36. The molecule has 0 aromatic heterocycles. The Hall–Kier alpha value is -1.12. The van der Waals surface area contributed by atoms with Crippen molar-refractivity contribution in [2.24, 2.45) is 4.99 Å². The molecule has 0 radical (unpaired) electrons. The molecule has 0 atom stereocenters. The normalized spacial score (nSPS) is 16.5. The fourth-order valence-corrected chi connectivity index (χ4v) is 3.42. The summed E-state index contributed by atoms with van der Waals surface area (Å²) in [5.41, 5.74) is 2.86. The molecule has 20 heavy (non-hydrogen) atoms. The van der Waals surface area contributed by atoms with Crippen LogP contribution < -0.4 is 4.74 Å². The van der Waals surface area contributed by atoms with Crippen molar-refractivity contribution in [3.63, 3.8) is 0 Å². The maximum absolute atomic E-state index is 10.9. The average molecular weight is 338 g/mol. The second-order valence-electron chi connectivity index (χ2n) is 5.72. The number of nitrogens with zero attached hydrogens (tertiary/aromatic N) is 1. The van der Waals surface area contributed by atoms with E-state index in [1.165, 1.54) is 0 Å². The van der Waals surface area contributed by atoms with Gasteiger partial charge in [-0.3, -0.25) is 0 Å². The molecule has 1 aliphatic rings. The van der Waals surface area contributed by atoms with Crippen LogP contribution >= 0.6 is 15.9 Å². The lowest BCUT2D eigenvalue weighted by Gasteiger charge is -2.40. The summed E-state index contributed by atoms with van der Waals surface area (Å²) in [7, 11) is 1.69. The minimum Gasteiger partial charge on any atom is -0.496 e. The summed E-state index contributed by atoms with van der Waals surface area (Å²) in [4.78, 5) is 15.0. The van der Waals surface area contributed by atoms with E-state index in [2.05, 4.69) is 40.8 Å². The quantitative estimate of drug-likeness (QED) is 0.594. The van der Waals surface area contributed by atoms with Crippen molar-refractivity contribution in [3.05, 3.63) is 27.2 Å². The second kappa shape index (κ2) is 5.71. The number of rotatable bonds is 4. The molecule has 1 aromatic carbocycles. The number of ether oxygens (including phenoxy) is 1. The SMILES string of the molecule is COc1c(C(C)C)cc(Br)c(C)c1C1(N=C=O)CCC1. The van der Waals surface area contributed by atoms with Crippen LogP contribution in [0.2, 0.25) is 0 Å². The summed E-state index contributed by atoms with van der Waals surface area (Å²) >= 11 is 3.63. The molecule has 0 bridgehead atoms. The zero-order chi connectivity index (χ0) is 14.9. The van der Waals surface area contributed by atoms with Crippen molar-refractivity contribution in [1.29, 1.82) is 0 Å². The monoisotopic (exact) mass is 337 g/mol. The first-order valence-electron chi connectivity index (χ1n) is 6.93. The Morgan fingerprint density at radius 1 is 1.45 bits per heavy atom. The highest BCUT2D eigenvalue weighted by Crippen LogP contribution is 2.52. The summed E-state index contributed by atoms with van der Waals surface area (Å²) in [6, 6.07) is 2.11. The van der Waals surface area contributed by atoms with Gasteiger partial charge in [-0.2, -0.15) is 4.99 Å². The number of isocyanates is 1. The summed E-state index contributed by atoms with van der Waals surface area (Å²) in [5.74, 6) is 1.22. The standard InChI is InChI=1S/C16H20BrNO2/c1-10(2)12-8-13(17)11(3)14(15(12)20-4)16(18-9-19)6-5-7-16/h8,10H,5-7H2,1-4H3. The minimum atomic E-state index is -0.440. The predicted octanol–water partition coefficient (Wildman–Crippen LogP) is 4.60. The van der Waals surface area contributed by atoms with Crippen LogP contribution in [0.25, 0.3) is 0 Å². The molecule has 0 aliphatic heterocycles. The minimum absolute atomic E-state index is 0.345. The maximum Gasteiger partial charge on any atom is 0.235 e. The van der Waals surface area contributed by atoms with Crippen LogP contribution in [0, 0.1) is 6.92 Å². The van der Waals surface area contributed by atoms with Gasteiger partial charge in [0.25, 0.3) is 0 Å². The van der Waals surface area contributed by atoms with Crippen LogP contribution in [-0.4, -0.2) is 13.2 Å². The topological polar surface area (TPSA) is 38.7 Å². The van der Waals surface area contributed by atoms with E-state index in [9.17, 15) is 4.79 Å².